The van der Waals surface area contributed by atoms with Crippen molar-refractivity contribution in [1.29, 1.82) is 0 Å². The van der Waals surface area contributed by atoms with E-state index in [1.165, 1.54) is 36.5 Å². The number of hydrogen-bond donors (Lipinski definition) is 1. The maximum absolute atomic E-state index is 12.4. The van der Waals surface area contributed by atoms with E-state index in [2.05, 4.69) is 9.93 Å². The number of carbonyl (C=O) groups is 1. The second-order valence-electron chi connectivity index (χ2n) is 5.20. The number of carbonyl (C=O) groups excluding carboxylic acids is 1. The number of ketones is 1. The number of benzene rings is 2. The minimum Gasteiger partial charge on any atom is -0.318 e. The number of fused-ring (bicyclic) bond motifs is 1. The van der Waals surface area contributed by atoms with Crippen LogP contribution in [0.3, 0.4) is 0 Å². The van der Waals surface area contributed by atoms with Gasteiger partial charge >= 0.3 is 0 Å². The Morgan fingerprint density at radius 3 is 2.62 bits per heavy atom. The topological polar surface area (TPSA) is 80.5 Å². The van der Waals surface area contributed by atoms with Crippen molar-refractivity contribution in [2.24, 2.45) is 12.1 Å². The standard InChI is InChI=1S/C16H15N3O3S2/c1-11(20)12-6-5-7-13(10-12)24(21,22)18-17-16-19(2)14-8-3-4-9-15(14)23-16/h3-10,18H,1-2H3/b17-16-. The summed E-state index contributed by atoms with van der Waals surface area (Å²) in [7, 11) is -2.02. The van der Waals surface area contributed by atoms with Gasteiger partial charge in [-0.25, -0.2) is 0 Å². The van der Waals surface area contributed by atoms with Crippen LogP contribution in [0.4, 0.5) is 0 Å². The summed E-state index contributed by atoms with van der Waals surface area (Å²) in [6, 6.07) is 13.6. The Hall–Kier alpha value is -2.45. The van der Waals surface area contributed by atoms with E-state index in [4.69, 9.17) is 0 Å². The molecule has 0 bridgehead atoms. The molecule has 0 aliphatic carbocycles. The van der Waals surface area contributed by atoms with Gasteiger partial charge < -0.3 is 4.57 Å². The second kappa shape index (κ2) is 6.21. The molecular weight excluding hydrogens is 346 g/mol. The van der Waals surface area contributed by atoms with E-state index in [1.54, 1.807) is 6.07 Å². The van der Waals surface area contributed by atoms with Crippen LogP contribution in [0.1, 0.15) is 17.3 Å². The molecule has 24 heavy (non-hydrogen) atoms. The lowest BCUT2D eigenvalue weighted by molar-refractivity contribution is 0.101. The third-order valence-electron chi connectivity index (χ3n) is 3.53. The molecule has 0 atom stereocenters. The van der Waals surface area contributed by atoms with Gasteiger partial charge in [0.25, 0.3) is 10.0 Å². The van der Waals surface area contributed by atoms with E-state index in [9.17, 15) is 13.2 Å². The fourth-order valence-electron chi connectivity index (χ4n) is 2.22. The summed E-state index contributed by atoms with van der Waals surface area (Å²) in [5, 5.41) is 4.02. The van der Waals surface area contributed by atoms with Crippen LogP contribution in [0.15, 0.2) is 58.5 Å². The van der Waals surface area contributed by atoms with Gasteiger partial charge in [-0.05, 0) is 31.2 Å². The summed E-state index contributed by atoms with van der Waals surface area (Å²) in [5.41, 5.74) is 1.31. The Labute approximate surface area is 143 Å². The van der Waals surface area contributed by atoms with Crippen molar-refractivity contribution in [3.63, 3.8) is 0 Å². The van der Waals surface area contributed by atoms with Crippen molar-refractivity contribution >= 4 is 37.4 Å². The minimum atomic E-state index is -3.84. The first kappa shape index (κ1) is 16.4. The number of nitrogens with one attached hydrogen (secondary N) is 1. The number of sulfonamides is 1. The van der Waals surface area contributed by atoms with Gasteiger partial charge in [0.15, 0.2) is 5.78 Å². The molecule has 124 valence electrons. The molecule has 0 amide bonds. The van der Waals surface area contributed by atoms with E-state index in [-0.39, 0.29) is 10.7 Å². The van der Waals surface area contributed by atoms with Crippen molar-refractivity contribution in [3.8, 4) is 0 Å². The molecule has 0 saturated heterocycles. The van der Waals surface area contributed by atoms with Crippen LogP contribution in [-0.4, -0.2) is 18.8 Å². The third-order valence-corrected chi connectivity index (χ3v) is 5.85. The van der Waals surface area contributed by atoms with Crippen molar-refractivity contribution in [2.75, 3.05) is 0 Å². The van der Waals surface area contributed by atoms with Crippen LogP contribution in [0.2, 0.25) is 0 Å². The first-order valence-electron chi connectivity index (χ1n) is 7.09. The van der Waals surface area contributed by atoms with Gasteiger partial charge in [-0.3, -0.25) is 4.79 Å². The number of thiazole rings is 1. The molecule has 3 rings (SSSR count). The zero-order valence-electron chi connectivity index (χ0n) is 13.1. The van der Waals surface area contributed by atoms with Gasteiger partial charge in [-0.1, -0.05) is 35.6 Å². The van der Waals surface area contributed by atoms with Crippen LogP contribution in [0.25, 0.3) is 10.2 Å². The zero-order chi connectivity index (χ0) is 17.3. The molecule has 2 aromatic carbocycles. The van der Waals surface area contributed by atoms with Crippen LogP contribution in [-0.2, 0) is 17.1 Å². The van der Waals surface area contributed by atoms with Gasteiger partial charge in [-0.2, -0.15) is 13.2 Å². The van der Waals surface area contributed by atoms with Crippen molar-refractivity contribution in [1.82, 2.24) is 9.40 Å². The van der Waals surface area contributed by atoms with Crippen molar-refractivity contribution < 1.29 is 13.2 Å². The lowest BCUT2D eigenvalue weighted by atomic mass is 10.2. The molecule has 1 aromatic heterocycles. The summed E-state index contributed by atoms with van der Waals surface area (Å²) in [5.74, 6) is -0.195. The molecule has 0 saturated carbocycles. The summed E-state index contributed by atoms with van der Waals surface area (Å²) in [6.07, 6.45) is 0. The Morgan fingerprint density at radius 1 is 1.17 bits per heavy atom. The monoisotopic (exact) mass is 361 g/mol. The number of para-hydroxylation sites is 1. The van der Waals surface area contributed by atoms with Crippen molar-refractivity contribution in [3.05, 3.63) is 58.9 Å². The Bertz CT molecular complexity index is 1090. The molecule has 0 unspecified atom stereocenters. The highest BCUT2D eigenvalue weighted by Gasteiger charge is 2.14. The first-order valence-corrected chi connectivity index (χ1v) is 9.39. The van der Waals surface area contributed by atoms with E-state index in [1.807, 2.05) is 35.9 Å². The molecule has 6 nitrogen and oxygen atoms in total. The maximum atomic E-state index is 12.4. The van der Waals surface area contributed by atoms with E-state index >= 15 is 0 Å². The minimum absolute atomic E-state index is 0.00251. The molecule has 0 aliphatic heterocycles. The molecule has 0 radical (unpaired) electrons. The summed E-state index contributed by atoms with van der Waals surface area (Å²) in [6.45, 7) is 1.39. The number of aromatic nitrogens is 1. The van der Waals surface area contributed by atoms with Gasteiger partial charge in [0, 0.05) is 12.6 Å². The fraction of sp³-hybridized carbons (Fsp3) is 0.125. The summed E-state index contributed by atoms with van der Waals surface area (Å²) in [4.78, 5) is 14.2. The molecule has 3 aromatic rings. The highest BCUT2D eigenvalue weighted by atomic mass is 32.2. The molecule has 1 heterocycles. The second-order valence-corrected chi connectivity index (χ2v) is 7.87. The molecule has 0 spiro atoms. The SMILES string of the molecule is CC(=O)c1cccc(S(=O)(=O)N/N=c2\sc3ccccc3n2C)c1. The van der Waals surface area contributed by atoms with Crippen LogP contribution in [0.5, 0.6) is 0 Å². The summed E-state index contributed by atoms with van der Waals surface area (Å²) < 4.78 is 27.6. The largest absolute Gasteiger partial charge is 0.318 e. The van der Waals surface area contributed by atoms with Gasteiger partial charge in [-0.15, -0.1) is 5.10 Å². The average molecular weight is 361 g/mol. The lowest BCUT2D eigenvalue weighted by Crippen LogP contribution is -2.23. The van der Waals surface area contributed by atoms with Crippen LogP contribution < -0.4 is 9.63 Å². The number of aryl methyl sites for hydroxylation is 1. The summed E-state index contributed by atoms with van der Waals surface area (Å²) >= 11 is 1.38. The maximum Gasteiger partial charge on any atom is 0.276 e. The normalized spacial score (nSPS) is 12.5. The molecule has 1 N–H and O–H groups in total. The van der Waals surface area contributed by atoms with Gasteiger partial charge in [0.05, 0.1) is 15.1 Å². The van der Waals surface area contributed by atoms with E-state index in [0.717, 1.165) is 10.2 Å². The average Bonchev–Trinajstić information content (AvgIpc) is 2.90. The van der Waals surface area contributed by atoms with E-state index < -0.39 is 10.0 Å². The first-order chi connectivity index (χ1) is 11.4. The molecule has 0 fully saturated rings. The zero-order valence-corrected chi connectivity index (χ0v) is 14.7. The van der Waals surface area contributed by atoms with Gasteiger partial charge in [0.1, 0.15) is 0 Å². The third kappa shape index (κ3) is 3.10. The number of hydrogen-bond acceptors (Lipinski definition) is 5. The lowest BCUT2D eigenvalue weighted by Gasteiger charge is -2.04. The Kier molecular flexibility index (Phi) is 4.25. The fourth-order valence-corrected chi connectivity index (χ4v) is 4.11. The number of Topliss-reactive ketones (excluding diaryl/α,β-unsaturated/α-hetero) is 1. The van der Waals surface area contributed by atoms with E-state index in [0.29, 0.717) is 10.4 Å². The highest BCUT2D eigenvalue weighted by molar-refractivity contribution is 7.89. The number of rotatable bonds is 4. The Morgan fingerprint density at radius 2 is 1.92 bits per heavy atom. The van der Waals surface area contributed by atoms with Crippen LogP contribution >= 0.6 is 11.3 Å². The van der Waals surface area contributed by atoms with Crippen LogP contribution in [0, 0.1) is 0 Å². The van der Waals surface area contributed by atoms with Crippen molar-refractivity contribution in [2.45, 2.75) is 11.8 Å². The highest BCUT2D eigenvalue weighted by Crippen LogP contribution is 2.15. The van der Waals surface area contributed by atoms with Gasteiger partial charge in [0.2, 0.25) is 4.80 Å². The smallest absolute Gasteiger partial charge is 0.276 e. The predicted molar refractivity (Wildman–Crippen MR) is 93.1 cm³/mol. The Balaban J connectivity index is 1.98. The molecule has 8 heteroatoms. The predicted octanol–water partition coefficient (Wildman–Crippen LogP) is 2.24. The number of nitrogens with zero attached hydrogens (tertiary/aromatic N) is 2. The molecular formula is C16H15N3O3S2. The molecule has 0 aliphatic rings. The quantitative estimate of drug-likeness (QED) is 0.572.